The minimum Gasteiger partial charge on any atom is -0.496 e. The molecule has 7 rings (SSSR count). The van der Waals surface area contributed by atoms with E-state index in [4.69, 9.17) is 23.1 Å². The standard InChI is InChI=1S/C53H58O7Si2/c1-37-29-31-42(35-50(37)56-4)53(46-25-13-11-23-44(46)45-24-12-14-26-47(45)53)43-32-30-38(2)51(36-43)59-52(55)58-49-28-16-10-20-41(49)22-18-34-62(7,8)60-61(5,6)33-17-21-40-19-9-15-27-48(40)57-39(3)54/h9-16,19-20,23-32,35-36H,17-18,21-22,33-34H2,1-8H3. The molecule has 7 nitrogen and oxygen atoms in total. The third-order valence-electron chi connectivity index (χ3n) is 12.0. The highest BCUT2D eigenvalue weighted by Crippen LogP contribution is 2.57. The van der Waals surface area contributed by atoms with E-state index in [9.17, 15) is 9.59 Å². The lowest BCUT2D eigenvalue weighted by Gasteiger charge is -2.34. The van der Waals surface area contributed by atoms with Crippen LogP contribution in [-0.4, -0.2) is 35.9 Å². The molecule has 9 heteroatoms. The van der Waals surface area contributed by atoms with Crippen molar-refractivity contribution in [3.8, 4) is 34.1 Å². The molecule has 0 heterocycles. The van der Waals surface area contributed by atoms with Crippen molar-refractivity contribution in [1.82, 2.24) is 0 Å². The summed E-state index contributed by atoms with van der Waals surface area (Å²) in [6.45, 7) is 14.6. The number of hydrogen-bond donors (Lipinski definition) is 0. The van der Waals surface area contributed by atoms with Crippen molar-refractivity contribution in [2.24, 2.45) is 0 Å². The SMILES string of the molecule is COc1cc(C2(c3ccc(C)c(OC(=O)Oc4ccccc4CCC[Si](C)(C)O[Si](C)(C)CCCc4ccccc4OC(C)=O)c3)c3ccccc3-c3ccccc32)ccc1C. The van der Waals surface area contributed by atoms with Crippen LogP contribution in [0.4, 0.5) is 4.79 Å². The van der Waals surface area contributed by atoms with Gasteiger partial charge in [0.15, 0.2) is 16.6 Å². The van der Waals surface area contributed by atoms with E-state index in [0.717, 1.165) is 88.0 Å². The Balaban J connectivity index is 1.04. The topological polar surface area (TPSA) is 80.3 Å². The van der Waals surface area contributed by atoms with E-state index in [1.165, 1.54) is 18.1 Å². The van der Waals surface area contributed by atoms with Crippen LogP contribution in [0.25, 0.3) is 11.1 Å². The average molecular weight is 863 g/mol. The van der Waals surface area contributed by atoms with E-state index in [1.54, 1.807) is 7.11 Å². The van der Waals surface area contributed by atoms with Crippen molar-refractivity contribution in [1.29, 1.82) is 0 Å². The highest BCUT2D eigenvalue weighted by Gasteiger charge is 2.46. The summed E-state index contributed by atoms with van der Waals surface area (Å²) in [6, 6.07) is 47.1. The maximum atomic E-state index is 13.7. The summed E-state index contributed by atoms with van der Waals surface area (Å²) in [5.41, 5.74) is 9.85. The van der Waals surface area contributed by atoms with E-state index in [1.807, 2.05) is 67.6 Å². The molecule has 0 radical (unpaired) electrons. The van der Waals surface area contributed by atoms with Gasteiger partial charge in [-0.1, -0.05) is 109 Å². The predicted molar refractivity (Wildman–Crippen MR) is 253 cm³/mol. The number of aryl methyl sites for hydroxylation is 4. The molecule has 0 saturated carbocycles. The lowest BCUT2D eigenvalue weighted by Crippen LogP contribution is -2.44. The van der Waals surface area contributed by atoms with Crippen LogP contribution in [0.1, 0.15) is 64.3 Å². The Labute approximate surface area is 369 Å². The first-order chi connectivity index (χ1) is 29.7. The van der Waals surface area contributed by atoms with Gasteiger partial charge in [0.2, 0.25) is 0 Å². The summed E-state index contributed by atoms with van der Waals surface area (Å²) in [7, 11) is -2.26. The van der Waals surface area contributed by atoms with Crippen LogP contribution in [0.5, 0.6) is 23.0 Å². The number of rotatable bonds is 16. The molecule has 6 aromatic carbocycles. The van der Waals surface area contributed by atoms with Gasteiger partial charge in [0, 0.05) is 6.92 Å². The van der Waals surface area contributed by atoms with Gasteiger partial charge >= 0.3 is 12.1 Å². The van der Waals surface area contributed by atoms with Gasteiger partial charge in [-0.3, -0.25) is 4.79 Å². The van der Waals surface area contributed by atoms with Crippen LogP contribution in [0.15, 0.2) is 133 Å². The van der Waals surface area contributed by atoms with E-state index in [2.05, 4.69) is 106 Å². The molecule has 0 amide bonds. The second-order valence-electron chi connectivity index (χ2n) is 17.6. The summed E-state index contributed by atoms with van der Waals surface area (Å²) >= 11 is 0. The van der Waals surface area contributed by atoms with E-state index in [-0.39, 0.29) is 5.97 Å². The van der Waals surface area contributed by atoms with Crippen molar-refractivity contribution in [3.63, 3.8) is 0 Å². The molecule has 0 aromatic heterocycles. The Hall–Kier alpha value is -5.75. The molecule has 320 valence electrons. The Morgan fingerprint density at radius 2 is 0.968 bits per heavy atom. The van der Waals surface area contributed by atoms with E-state index >= 15 is 0 Å². The van der Waals surface area contributed by atoms with Gasteiger partial charge in [-0.05, 0) is 158 Å². The molecule has 0 atom stereocenters. The first kappa shape index (κ1) is 44.3. The van der Waals surface area contributed by atoms with E-state index < -0.39 is 28.2 Å². The van der Waals surface area contributed by atoms with Gasteiger partial charge in [-0.25, -0.2) is 4.79 Å². The highest BCUT2D eigenvalue weighted by molar-refractivity contribution is 6.84. The number of ether oxygens (including phenoxy) is 4. The van der Waals surface area contributed by atoms with Crippen LogP contribution in [0.2, 0.25) is 38.3 Å². The molecule has 0 N–H and O–H groups in total. The molecule has 1 aliphatic carbocycles. The van der Waals surface area contributed by atoms with Gasteiger partial charge in [0.1, 0.15) is 23.0 Å². The molecule has 0 spiro atoms. The van der Waals surface area contributed by atoms with Gasteiger partial charge in [0.25, 0.3) is 0 Å². The fourth-order valence-corrected chi connectivity index (χ4v) is 18.1. The maximum Gasteiger partial charge on any atom is 0.519 e. The molecule has 0 bridgehead atoms. The maximum absolute atomic E-state index is 13.7. The van der Waals surface area contributed by atoms with Gasteiger partial charge in [-0.15, -0.1) is 0 Å². The number of carbonyl (C=O) groups is 2. The third-order valence-corrected chi connectivity index (χ3v) is 19.5. The van der Waals surface area contributed by atoms with Crippen molar-refractivity contribution in [3.05, 3.63) is 178 Å². The Morgan fingerprint density at radius 3 is 1.48 bits per heavy atom. The van der Waals surface area contributed by atoms with Crippen molar-refractivity contribution < 1.29 is 32.7 Å². The molecule has 6 aromatic rings. The summed E-state index contributed by atoms with van der Waals surface area (Å²) in [5, 5.41) is 0. The number of carbonyl (C=O) groups excluding carboxylic acids is 2. The molecule has 0 unspecified atom stereocenters. The van der Waals surface area contributed by atoms with Crippen LogP contribution in [0, 0.1) is 13.8 Å². The number of benzene rings is 6. The molecule has 0 saturated heterocycles. The number of para-hydroxylation sites is 2. The second-order valence-corrected chi connectivity index (χ2v) is 26.5. The van der Waals surface area contributed by atoms with Crippen LogP contribution >= 0.6 is 0 Å². The highest BCUT2D eigenvalue weighted by atomic mass is 28.4. The van der Waals surface area contributed by atoms with Crippen molar-refractivity contribution in [2.45, 2.75) is 90.1 Å². The monoisotopic (exact) mass is 862 g/mol. The number of hydrogen-bond acceptors (Lipinski definition) is 7. The average Bonchev–Trinajstić information content (AvgIpc) is 3.53. The molecule has 0 aliphatic heterocycles. The fourth-order valence-electron chi connectivity index (χ4n) is 9.25. The Bertz CT molecular complexity index is 2530. The Kier molecular flexibility index (Phi) is 13.4. The predicted octanol–water partition coefficient (Wildman–Crippen LogP) is 13.2. The normalized spacial score (nSPS) is 12.9. The number of methoxy groups -OCH3 is 1. The zero-order chi connectivity index (χ0) is 44.1. The van der Waals surface area contributed by atoms with Gasteiger partial charge in [-0.2, -0.15) is 0 Å². The lowest BCUT2D eigenvalue weighted by molar-refractivity contribution is -0.131. The van der Waals surface area contributed by atoms with Crippen molar-refractivity contribution >= 4 is 28.8 Å². The Morgan fingerprint density at radius 1 is 0.532 bits per heavy atom. The smallest absolute Gasteiger partial charge is 0.496 e. The summed E-state index contributed by atoms with van der Waals surface area (Å²) in [4.78, 5) is 25.3. The van der Waals surface area contributed by atoms with Gasteiger partial charge in [0.05, 0.1) is 12.5 Å². The minimum atomic E-state index is -2.01. The molecular formula is C53H58O7Si2. The van der Waals surface area contributed by atoms with Crippen LogP contribution in [-0.2, 0) is 27.2 Å². The van der Waals surface area contributed by atoms with Crippen molar-refractivity contribution in [2.75, 3.05) is 7.11 Å². The summed E-state index contributed by atoms with van der Waals surface area (Å²) < 4.78 is 30.4. The summed E-state index contributed by atoms with van der Waals surface area (Å²) in [6.07, 6.45) is 2.68. The largest absolute Gasteiger partial charge is 0.519 e. The van der Waals surface area contributed by atoms with Crippen LogP contribution in [0.3, 0.4) is 0 Å². The zero-order valence-corrected chi connectivity index (χ0v) is 39.3. The van der Waals surface area contributed by atoms with Gasteiger partial charge < -0.3 is 23.1 Å². The zero-order valence-electron chi connectivity index (χ0n) is 37.3. The second kappa shape index (κ2) is 18.7. The molecular weight excluding hydrogens is 805 g/mol. The first-order valence-electron chi connectivity index (χ1n) is 21.6. The van der Waals surface area contributed by atoms with E-state index in [0.29, 0.717) is 17.2 Å². The minimum absolute atomic E-state index is 0.305. The molecule has 0 fully saturated rings. The summed E-state index contributed by atoms with van der Waals surface area (Å²) in [5.74, 6) is 2.09. The fraction of sp³-hybridized carbons (Fsp3) is 0.283. The molecule has 1 aliphatic rings. The third kappa shape index (κ3) is 9.65. The lowest BCUT2D eigenvalue weighted by atomic mass is 9.67. The number of esters is 1. The first-order valence-corrected chi connectivity index (χ1v) is 27.8. The quantitative estimate of drug-likeness (QED) is 0.0414. The number of fused-ring (bicyclic) bond motifs is 3. The molecule has 62 heavy (non-hydrogen) atoms. The van der Waals surface area contributed by atoms with Crippen LogP contribution < -0.4 is 18.9 Å².